The second-order valence-electron chi connectivity index (χ2n) is 3.30. The highest BCUT2D eigenvalue weighted by atomic mass is 19.1. The van der Waals surface area contributed by atoms with E-state index in [9.17, 15) is 13.9 Å². The molecule has 0 bridgehead atoms. The monoisotopic (exact) mass is 210 g/mol. The molecule has 80 valence electrons. The van der Waals surface area contributed by atoms with Crippen molar-refractivity contribution in [1.29, 1.82) is 0 Å². The van der Waals surface area contributed by atoms with Crippen LogP contribution in [0.3, 0.4) is 0 Å². The van der Waals surface area contributed by atoms with Gasteiger partial charge in [-0.3, -0.25) is 0 Å². The van der Waals surface area contributed by atoms with Crippen molar-refractivity contribution in [3.05, 3.63) is 35.4 Å². The Kier molecular flexibility index (Phi) is 4.26. The van der Waals surface area contributed by atoms with Crippen molar-refractivity contribution in [2.75, 3.05) is 0 Å². The fourth-order valence-electron chi connectivity index (χ4n) is 1.31. The van der Waals surface area contributed by atoms with Crippen LogP contribution in [0.4, 0.5) is 8.78 Å². The summed E-state index contributed by atoms with van der Waals surface area (Å²) in [6.07, 6.45) is 4.93. The van der Waals surface area contributed by atoms with Crippen LogP contribution in [0.2, 0.25) is 0 Å². The summed E-state index contributed by atoms with van der Waals surface area (Å²) in [6, 6.07) is 3.64. The summed E-state index contributed by atoms with van der Waals surface area (Å²) in [7, 11) is 0. The second-order valence-corrected chi connectivity index (χ2v) is 3.30. The van der Waals surface area contributed by atoms with Crippen LogP contribution in [-0.2, 0) is 6.42 Å². The quantitative estimate of drug-likeness (QED) is 0.756. The number of hydrogen-bond acceptors (Lipinski definition) is 1. The van der Waals surface area contributed by atoms with Crippen molar-refractivity contribution < 1.29 is 13.9 Å². The molecular weight excluding hydrogens is 198 g/mol. The van der Waals surface area contributed by atoms with E-state index in [0.717, 1.165) is 0 Å². The van der Waals surface area contributed by atoms with Gasteiger partial charge in [0.15, 0.2) is 0 Å². The molecule has 1 aromatic carbocycles. The standard InChI is InChI=1S/C12H12F2O/c1-2-3-5-9(15)8-10-11(13)6-4-7-12(10)14/h1,4,6-7,9,15H,3,5,8H2. The van der Waals surface area contributed by atoms with E-state index in [2.05, 4.69) is 5.92 Å². The van der Waals surface area contributed by atoms with Crippen molar-refractivity contribution in [3.8, 4) is 12.3 Å². The Morgan fingerprint density at radius 2 is 1.93 bits per heavy atom. The molecule has 1 rings (SSSR count). The molecule has 0 spiro atoms. The van der Waals surface area contributed by atoms with Crippen molar-refractivity contribution in [2.24, 2.45) is 0 Å². The zero-order valence-corrected chi connectivity index (χ0v) is 8.21. The van der Waals surface area contributed by atoms with Crippen molar-refractivity contribution in [2.45, 2.75) is 25.4 Å². The lowest BCUT2D eigenvalue weighted by atomic mass is 10.0. The predicted octanol–water partition coefficient (Wildman–Crippen LogP) is 2.28. The molecule has 1 unspecified atom stereocenters. The van der Waals surface area contributed by atoms with Crippen molar-refractivity contribution in [3.63, 3.8) is 0 Å². The molecule has 3 heteroatoms. The van der Waals surface area contributed by atoms with E-state index in [4.69, 9.17) is 6.42 Å². The molecular formula is C12H12F2O. The fraction of sp³-hybridized carbons (Fsp3) is 0.333. The van der Waals surface area contributed by atoms with E-state index in [1.54, 1.807) is 0 Å². The van der Waals surface area contributed by atoms with Gasteiger partial charge in [0.1, 0.15) is 11.6 Å². The van der Waals surface area contributed by atoms with Crippen LogP contribution in [0.1, 0.15) is 18.4 Å². The number of terminal acetylenes is 1. The fourth-order valence-corrected chi connectivity index (χ4v) is 1.31. The SMILES string of the molecule is C#CCCC(O)Cc1c(F)cccc1F. The Morgan fingerprint density at radius 3 is 2.47 bits per heavy atom. The Bertz CT molecular complexity index is 348. The Labute approximate surface area is 87.7 Å². The Balaban J connectivity index is 2.68. The van der Waals surface area contributed by atoms with Gasteiger partial charge >= 0.3 is 0 Å². The minimum atomic E-state index is -0.799. The molecule has 0 radical (unpaired) electrons. The van der Waals surface area contributed by atoms with Gasteiger partial charge in [0.2, 0.25) is 0 Å². The highest BCUT2D eigenvalue weighted by molar-refractivity contribution is 5.20. The smallest absolute Gasteiger partial charge is 0.129 e. The second kappa shape index (κ2) is 5.47. The van der Waals surface area contributed by atoms with E-state index in [1.807, 2.05) is 0 Å². The number of hydrogen-bond donors (Lipinski definition) is 1. The molecule has 0 fully saturated rings. The van der Waals surface area contributed by atoms with Gasteiger partial charge in [0, 0.05) is 18.4 Å². The topological polar surface area (TPSA) is 20.2 Å². The first kappa shape index (κ1) is 11.7. The lowest BCUT2D eigenvalue weighted by Gasteiger charge is -2.10. The highest BCUT2D eigenvalue weighted by Crippen LogP contribution is 2.15. The minimum Gasteiger partial charge on any atom is -0.393 e. The van der Waals surface area contributed by atoms with E-state index in [-0.39, 0.29) is 12.0 Å². The molecule has 1 nitrogen and oxygen atoms in total. The van der Waals surface area contributed by atoms with Crippen LogP contribution in [0.5, 0.6) is 0 Å². The maximum absolute atomic E-state index is 13.1. The van der Waals surface area contributed by atoms with E-state index in [1.165, 1.54) is 18.2 Å². The van der Waals surface area contributed by atoms with E-state index >= 15 is 0 Å². The van der Waals surface area contributed by atoms with Crippen LogP contribution in [-0.4, -0.2) is 11.2 Å². The number of aliphatic hydroxyl groups is 1. The maximum atomic E-state index is 13.1. The number of halogens is 2. The lowest BCUT2D eigenvalue weighted by molar-refractivity contribution is 0.164. The van der Waals surface area contributed by atoms with Gasteiger partial charge in [0.25, 0.3) is 0 Å². The van der Waals surface area contributed by atoms with Gasteiger partial charge in [-0.25, -0.2) is 8.78 Å². The molecule has 1 N–H and O–H groups in total. The molecule has 1 atom stereocenters. The third kappa shape index (κ3) is 3.34. The number of benzene rings is 1. The van der Waals surface area contributed by atoms with Crippen LogP contribution >= 0.6 is 0 Å². The van der Waals surface area contributed by atoms with Gasteiger partial charge in [-0.15, -0.1) is 12.3 Å². The molecule has 0 aliphatic carbocycles. The first-order chi connectivity index (χ1) is 7.15. The molecule has 0 saturated carbocycles. The lowest BCUT2D eigenvalue weighted by Crippen LogP contribution is -2.12. The largest absolute Gasteiger partial charge is 0.393 e. The predicted molar refractivity (Wildman–Crippen MR) is 54.1 cm³/mol. The molecule has 0 aliphatic heterocycles. The molecule has 0 saturated heterocycles. The van der Waals surface area contributed by atoms with Crippen molar-refractivity contribution >= 4 is 0 Å². The summed E-state index contributed by atoms with van der Waals surface area (Å²) in [4.78, 5) is 0. The van der Waals surface area contributed by atoms with Gasteiger partial charge in [-0.2, -0.15) is 0 Å². The summed E-state index contributed by atoms with van der Waals surface area (Å²) >= 11 is 0. The molecule has 0 aliphatic rings. The Hall–Kier alpha value is -1.40. The van der Waals surface area contributed by atoms with Crippen LogP contribution in [0.15, 0.2) is 18.2 Å². The van der Waals surface area contributed by atoms with Gasteiger partial charge < -0.3 is 5.11 Å². The summed E-state index contributed by atoms with van der Waals surface area (Å²) in [5.74, 6) is 1.11. The maximum Gasteiger partial charge on any atom is 0.129 e. The van der Waals surface area contributed by atoms with Crippen LogP contribution in [0.25, 0.3) is 0 Å². The Morgan fingerprint density at radius 1 is 1.33 bits per heavy atom. The minimum absolute atomic E-state index is 0.0415. The zero-order valence-electron chi connectivity index (χ0n) is 8.21. The van der Waals surface area contributed by atoms with Crippen LogP contribution < -0.4 is 0 Å². The van der Waals surface area contributed by atoms with Gasteiger partial charge in [-0.05, 0) is 18.6 Å². The van der Waals surface area contributed by atoms with Gasteiger partial charge in [-0.1, -0.05) is 6.07 Å². The number of aliphatic hydroxyl groups excluding tert-OH is 1. The molecule has 1 aromatic rings. The highest BCUT2D eigenvalue weighted by Gasteiger charge is 2.12. The van der Waals surface area contributed by atoms with E-state index in [0.29, 0.717) is 12.8 Å². The van der Waals surface area contributed by atoms with Crippen molar-refractivity contribution in [1.82, 2.24) is 0 Å². The third-order valence-corrected chi connectivity index (χ3v) is 2.12. The normalized spacial score (nSPS) is 12.1. The average Bonchev–Trinajstić information content (AvgIpc) is 2.21. The average molecular weight is 210 g/mol. The molecule has 0 aromatic heterocycles. The zero-order chi connectivity index (χ0) is 11.3. The third-order valence-electron chi connectivity index (χ3n) is 2.12. The summed E-state index contributed by atoms with van der Waals surface area (Å²) in [5, 5.41) is 9.45. The first-order valence-corrected chi connectivity index (χ1v) is 4.69. The molecule has 0 amide bonds. The summed E-state index contributed by atoms with van der Waals surface area (Å²) in [5.41, 5.74) is -0.0815. The number of rotatable bonds is 4. The molecule has 0 heterocycles. The van der Waals surface area contributed by atoms with E-state index < -0.39 is 17.7 Å². The van der Waals surface area contributed by atoms with Crippen LogP contribution in [0, 0.1) is 24.0 Å². The molecule has 15 heavy (non-hydrogen) atoms. The van der Waals surface area contributed by atoms with Gasteiger partial charge in [0.05, 0.1) is 6.10 Å². The summed E-state index contributed by atoms with van der Waals surface area (Å²) < 4.78 is 26.3. The first-order valence-electron chi connectivity index (χ1n) is 4.69. The summed E-state index contributed by atoms with van der Waals surface area (Å²) in [6.45, 7) is 0.